The minimum Gasteiger partial charge on any atom is -0.481 e. The van der Waals surface area contributed by atoms with Gasteiger partial charge in [0.15, 0.2) is 0 Å². The van der Waals surface area contributed by atoms with Gasteiger partial charge in [-0.1, -0.05) is 53.2 Å². The lowest BCUT2D eigenvalue weighted by molar-refractivity contribution is -0.215. The standard InChI is InChI=1S/C30H48O4/c1-18-9-14-29(25(33)34)15-16-30(17-31)20(24(29)19(18)2)7-8-22-27(5)12-11-23(32)26(3,4)21(27)10-13-28(22,30)6/h7,18-19,21-24,31-32H,8-17H2,1-6H3,(H,33,34)/t18-,19+,21+,22-,23-,24+,27+,28-,29+,30+/m1/s1. The Balaban J connectivity index is 1.64. The highest BCUT2D eigenvalue weighted by Crippen LogP contribution is 2.75. The Morgan fingerprint density at radius 1 is 0.971 bits per heavy atom. The molecule has 5 aliphatic rings. The van der Waals surface area contributed by atoms with Gasteiger partial charge in [-0.2, -0.15) is 0 Å². The first-order valence-corrected chi connectivity index (χ1v) is 14.0. The van der Waals surface area contributed by atoms with Crippen molar-refractivity contribution in [3.63, 3.8) is 0 Å². The highest BCUT2D eigenvalue weighted by atomic mass is 16.4. The molecular weight excluding hydrogens is 424 g/mol. The van der Waals surface area contributed by atoms with Gasteiger partial charge in [0, 0.05) is 5.41 Å². The number of carboxylic acid groups (broad SMARTS) is 1. The average molecular weight is 473 g/mol. The van der Waals surface area contributed by atoms with Crippen molar-refractivity contribution in [2.45, 2.75) is 105 Å². The van der Waals surface area contributed by atoms with Gasteiger partial charge in [-0.3, -0.25) is 4.79 Å². The Kier molecular flexibility index (Phi) is 5.52. The van der Waals surface area contributed by atoms with Gasteiger partial charge in [0.25, 0.3) is 0 Å². The van der Waals surface area contributed by atoms with Gasteiger partial charge in [0.05, 0.1) is 18.1 Å². The highest BCUT2D eigenvalue weighted by Gasteiger charge is 2.70. The maximum Gasteiger partial charge on any atom is 0.310 e. The number of aliphatic carboxylic acids is 1. The molecule has 0 aromatic carbocycles. The lowest BCUT2D eigenvalue weighted by atomic mass is 9.33. The zero-order chi connectivity index (χ0) is 24.9. The molecule has 0 heterocycles. The van der Waals surface area contributed by atoms with Crippen molar-refractivity contribution in [3.05, 3.63) is 11.6 Å². The van der Waals surface area contributed by atoms with E-state index < -0.39 is 11.4 Å². The second-order valence-corrected chi connectivity index (χ2v) is 14.4. The number of hydrogen-bond acceptors (Lipinski definition) is 3. The molecule has 5 rings (SSSR count). The molecule has 0 bridgehead atoms. The SMILES string of the molecule is C[C@H]1[C@H](C)CC[C@]2(C(=O)O)CC[C@]3(CO)C(=CC[C@@H]4[C@@]5(C)CC[C@@H](O)C(C)(C)[C@@H]5CC[C@]43C)[C@H]12. The molecule has 0 unspecified atom stereocenters. The van der Waals surface area contributed by atoms with Gasteiger partial charge < -0.3 is 15.3 Å². The molecule has 0 amide bonds. The van der Waals surface area contributed by atoms with Crippen molar-refractivity contribution < 1.29 is 20.1 Å². The molecule has 4 fully saturated rings. The predicted molar refractivity (Wildman–Crippen MR) is 134 cm³/mol. The first-order valence-electron chi connectivity index (χ1n) is 14.0. The monoisotopic (exact) mass is 472 g/mol. The maximum atomic E-state index is 12.8. The lowest BCUT2D eigenvalue weighted by Gasteiger charge is -2.71. The number of carbonyl (C=O) groups is 1. The van der Waals surface area contributed by atoms with Crippen molar-refractivity contribution in [1.29, 1.82) is 0 Å². The van der Waals surface area contributed by atoms with Crippen LogP contribution in [-0.4, -0.2) is 34.0 Å². The summed E-state index contributed by atoms with van der Waals surface area (Å²) in [5, 5.41) is 32.7. The first kappa shape index (κ1) is 24.8. The number of aliphatic hydroxyl groups is 2. The third-order valence-electron chi connectivity index (χ3n) is 13.3. The number of hydrogen-bond donors (Lipinski definition) is 3. The molecule has 4 heteroatoms. The fraction of sp³-hybridized carbons (Fsp3) is 0.900. The zero-order valence-electron chi connectivity index (χ0n) is 22.4. The summed E-state index contributed by atoms with van der Waals surface area (Å²) in [6.45, 7) is 14.2. The predicted octanol–water partition coefficient (Wildman–Crippen LogP) is 6.06. The Bertz CT molecular complexity index is 892. The molecule has 0 aromatic rings. The molecule has 0 spiro atoms. The van der Waals surface area contributed by atoms with Crippen LogP contribution < -0.4 is 0 Å². The molecule has 0 aliphatic heterocycles. The molecule has 3 N–H and O–H groups in total. The van der Waals surface area contributed by atoms with E-state index in [9.17, 15) is 20.1 Å². The second-order valence-electron chi connectivity index (χ2n) is 14.4. The van der Waals surface area contributed by atoms with Crippen LogP contribution in [0.1, 0.15) is 99.3 Å². The Labute approximate surface area is 206 Å². The lowest BCUT2D eigenvalue weighted by Crippen LogP contribution is -2.67. The largest absolute Gasteiger partial charge is 0.481 e. The van der Waals surface area contributed by atoms with Crippen LogP contribution in [0.25, 0.3) is 0 Å². The van der Waals surface area contributed by atoms with E-state index in [1.165, 1.54) is 5.57 Å². The van der Waals surface area contributed by atoms with Crippen molar-refractivity contribution in [3.8, 4) is 0 Å². The van der Waals surface area contributed by atoms with Gasteiger partial charge in [-0.05, 0) is 104 Å². The number of aliphatic hydroxyl groups excluding tert-OH is 2. The minimum atomic E-state index is -0.669. The number of allylic oxidation sites excluding steroid dienone is 1. The molecule has 10 atom stereocenters. The van der Waals surface area contributed by atoms with Gasteiger partial charge in [-0.15, -0.1) is 0 Å². The fourth-order valence-electron chi connectivity index (χ4n) is 11.0. The van der Waals surface area contributed by atoms with Crippen LogP contribution in [-0.2, 0) is 4.79 Å². The van der Waals surface area contributed by atoms with Crippen LogP contribution in [0.5, 0.6) is 0 Å². The molecule has 0 aromatic heterocycles. The van der Waals surface area contributed by atoms with Gasteiger partial charge >= 0.3 is 5.97 Å². The number of fused-ring (bicyclic) bond motifs is 7. The fourth-order valence-corrected chi connectivity index (χ4v) is 11.0. The summed E-state index contributed by atoms with van der Waals surface area (Å²) in [4.78, 5) is 12.8. The average Bonchev–Trinajstić information content (AvgIpc) is 2.78. The third-order valence-corrected chi connectivity index (χ3v) is 13.3. The van der Waals surface area contributed by atoms with Crippen LogP contribution in [0, 0.1) is 56.7 Å². The van der Waals surface area contributed by atoms with E-state index in [2.05, 4.69) is 47.6 Å². The summed E-state index contributed by atoms with van der Waals surface area (Å²) in [5.74, 6) is 1.17. The molecule has 192 valence electrons. The van der Waals surface area contributed by atoms with E-state index in [0.717, 1.165) is 51.4 Å². The van der Waals surface area contributed by atoms with Crippen molar-refractivity contribution in [1.82, 2.24) is 0 Å². The van der Waals surface area contributed by atoms with Crippen molar-refractivity contribution >= 4 is 5.97 Å². The van der Waals surface area contributed by atoms with E-state index in [-0.39, 0.29) is 40.3 Å². The first-order chi connectivity index (χ1) is 15.8. The second kappa shape index (κ2) is 7.57. The van der Waals surface area contributed by atoms with Crippen LogP contribution in [0.2, 0.25) is 0 Å². The highest BCUT2D eigenvalue weighted by molar-refractivity contribution is 5.76. The Morgan fingerprint density at radius 3 is 2.32 bits per heavy atom. The van der Waals surface area contributed by atoms with E-state index in [0.29, 0.717) is 30.1 Å². The molecule has 0 radical (unpaired) electrons. The molecule has 4 saturated carbocycles. The number of carboxylic acids is 1. The molecule has 5 aliphatic carbocycles. The van der Waals surface area contributed by atoms with Crippen LogP contribution in [0.4, 0.5) is 0 Å². The molecule has 34 heavy (non-hydrogen) atoms. The van der Waals surface area contributed by atoms with Crippen LogP contribution >= 0.6 is 0 Å². The van der Waals surface area contributed by atoms with Crippen LogP contribution in [0.3, 0.4) is 0 Å². The maximum absolute atomic E-state index is 12.8. The summed E-state index contributed by atoms with van der Waals surface area (Å²) in [5.41, 5.74) is 0.311. The third kappa shape index (κ3) is 2.76. The summed E-state index contributed by atoms with van der Waals surface area (Å²) < 4.78 is 0. The molecule has 0 saturated heterocycles. The summed E-state index contributed by atoms with van der Waals surface area (Å²) >= 11 is 0. The minimum absolute atomic E-state index is 0.0302. The van der Waals surface area contributed by atoms with Gasteiger partial charge in [-0.25, -0.2) is 0 Å². The summed E-state index contributed by atoms with van der Waals surface area (Å²) in [7, 11) is 0. The molecule has 4 nitrogen and oxygen atoms in total. The summed E-state index contributed by atoms with van der Waals surface area (Å²) in [6, 6.07) is 0. The molecular formula is C30H48O4. The van der Waals surface area contributed by atoms with Crippen molar-refractivity contribution in [2.75, 3.05) is 6.61 Å². The van der Waals surface area contributed by atoms with E-state index in [1.807, 2.05) is 0 Å². The van der Waals surface area contributed by atoms with E-state index >= 15 is 0 Å². The normalized spacial score (nSPS) is 54.1. The smallest absolute Gasteiger partial charge is 0.310 e. The Hall–Kier alpha value is -0.870. The van der Waals surface area contributed by atoms with E-state index in [1.54, 1.807) is 0 Å². The zero-order valence-corrected chi connectivity index (χ0v) is 22.4. The van der Waals surface area contributed by atoms with Gasteiger partial charge in [0.1, 0.15) is 0 Å². The van der Waals surface area contributed by atoms with E-state index in [4.69, 9.17) is 0 Å². The van der Waals surface area contributed by atoms with Gasteiger partial charge in [0.2, 0.25) is 0 Å². The van der Waals surface area contributed by atoms with Crippen molar-refractivity contribution in [2.24, 2.45) is 56.7 Å². The Morgan fingerprint density at radius 2 is 1.68 bits per heavy atom. The van der Waals surface area contributed by atoms with Crippen LogP contribution in [0.15, 0.2) is 11.6 Å². The summed E-state index contributed by atoms with van der Waals surface area (Å²) in [6.07, 6.45) is 10.5. The number of rotatable bonds is 2. The quantitative estimate of drug-likeness (QED) is 0.427. The topological polar surface area (TPSA) is 77.8 Å².